The fourth-order valence-corrected chi connectivity index (χ4v) is 3.24. The Morgan fingerprint density at radius 1 is 1.08 bits per heavy atom. The Morgan fingerprint density at radius 3 is 2.21 bits per heavy atom. The van der Waals surface area contributed by atoms with Gasteiger partial charge in [0.05, 0.1) is 5.69 Å². The van der Waals surface area contributed by atoms with Crippen molar-refractivity contribution in [1.29, 1.82) is 0 Å². The molecule has 0 atom stereocenters. The summed E-state index contributed by atoms with van der Waals surface area (Å²) in [7, 11) is 0. The first-order chi connectivity index (χ1) is 11.3. The van der Waals surface area contributed by atoms with Crippen LogP contribution in [0.5, 0.6) is 0 Å². The van der Waals surface area contributed by atoms with Crippen LogP contribution in [0, 0.1) is 20.8 Å². The normalized spacial score (nSPS) is 10.4. The fourth-order valence-electron chi connectivity index (χ4n) is 2.74. The zero-order valence-electron chi connectivity index (χ0n) is 14.3. The summed E-state index contributed by atoms with van der Waals surface area (Å²) in [5, 5.41) is 2.93. The van der Waals surface area contributed by atoms with Gasteiger partial charge in [0.2, 0.25) is 11.8 Å². The first-order valence-corrected chi connectivity index (χ1v) is 8.49. The highest BCUT2D eigenvalue weighted by molar-refractivity contribution is 9.10. The van der Waals surface area contributed by atoms with Gasteiger partial charge in [0, 0.05) is 17.1 Å². The lowest BCUT2D eigenvalue weighted by Crippen LogP contribution is -2.37. The number of halogens is 1. The summed E-state index contributed by atoms with van der Waals surface area (Å²) in [4.78, 5) is 25.9. The van der Waals surface area contributed by atoms with Crippen LogP contribution in [0.3, 0.4) is 0 Å². The molecule has 4 nitrogen and oxygen atoms in total. The zero-order chi connectivity index (χ0) is 17.9. The zero-order valence-corrected chi connectivity index (χ0v) is 15.9. The molecule has 0 heterocycles. The molecule has 0 unspecified atom stereocenters. The largest absolute Gasteiger partial charge is 0.324 e. The standard InChI is InChI=1S/C19H21BrN2O2/c1-12-9-13(2)19(14(3)10-12)21-18(24)11-22(15(4)23)17-8-6-5-7-16(17)20/h5-10H,11H2,1-4H3,(H,21,24). The van der Waals surface area contributed by atoms with Crippen molar-refractivity contribution < 1.29 is 9.59 Å². The van der Waals surface area contributed by atoms with Gasteiger partial charge in [-0.25, -0.2) is 0 Å². The lowest BCUT2D eigenvalue weighted by atomic mass is 10.1. The first kappa shape index (κ1) is 18.2. The van der Waals surface area contributed by atoms with E-state index in [1.54, 1.807) is 6.07 Å². The average molecular weight is 389 g/mol. The number of rotatable bonds is 4. The molecule has 0 saturated carbocycles. The minimum atomic E-state index is -0.226. The van der Waals surface area contributed by atoms with Gasteiger partial charge in [-0.15, -0.1) is 0 Å². The molecular formula is C19H21BrN2O2. The number of amides is 2. The van der Waals surface area contributed by atoms with E-state index in [0.29, 0.717) is 5.69 Å². The summed E-state index contributed by atoms with van der Waals surface area (Å²) in [6, 6.07) is 11.4. The Labute approximate surface area is 151 Å². The van der Waals surface area contributed by atoms with Crippen LogP contribution in [0.1, 0.15) is 23.6 Å². The molecule has 2 aromatic carbocycles. The number of anilines is 2. The predicted octanol–water partition coefficient (Wildman–Crippen LogP) is 4.37. The van der Waals surface area contributed by atoms with Crippen molar-refractivity contribution in [2.45, 2.75) is 27.7 Å². The molecule has 2 aromatic rings. The van der Waals surface area contributed by atoms with Crippen LogP contribution in [0.15, 0.2) is 40.9 Å². The third-order valence-electron chi connectivity index (χ3n) is 3.77. The molecule has 2 amide bonds. The summed E-state index contributed by atoms with van der Waals surface area (Å²) >= 11 is 3.43. The highest BCUT2D eigenvalue weighted by Crippen LogP contribution is 2.26. The number of hydrogen-bond acceptors (Lipinski definition) is 2. The van der Waals surface area contributed by atoms with Crippen molar-refractivity contribution >= 4 is 39.1 Å². The van der Waals surface area contributed by atoms with Crippen LogP contribution in [0.2, 0.25) is 0 Å². The van der Waals surface area contributed by atoms with Gasteiger partial charge in [0.1, 0.15) is 6.54 Å². The first-order valence-electron chi connectivity index (χ1n) is 7.70. The molecule has 0 spiro atoms. The number of para-hydroxylation sites is 1. The molecule has 0 saturated heterocycles. The maximum Gasteiger partial charge on any atom is 0.244 e. The van der Waals surface area contributed by atoms with Crippen molar-refractivity contribution in [2.24, 2.45) is 0 Å². The summed E-state index contributed by atoms with van der Waals surface area (Å²) < 4.78 is 0.774. The van der Waals surface area contributed by atoms with E-state index in [0.717, 1.165) is 26.9 Å². The van der Waals surface area contributed by atoms with E-state index in [-0.39, 0.29) is 18.4 Å². The van der Waals surface area contributed by atoms with E-state index >= 15 is 0 Å². The molecule has 5 heteroatoms. The number of nitrogens with zero attached hydrogens (tertiary/aromatic N) is 1. The van der Waals surface area contributed by atoms with Gasteiger partial charge in [0.15, 0.2) is 0 Å². The number of benzene rings is 2. The van der Waals surface area contributed by atoms with Gasteiger partial charge in [0.25, 0.3) is 0 Å². The van der Waals surface area contributed by atoms with E-state index < -0.39 is 0 Å². The second-order valence-corrected chi connectivity index (χ2v) is 6.73. The summed E-state index contributed by atoms with van der Waals surface area (Å²) in [6.45, 7) is 7.37. The van der Waals surface area contributed by atoms with Crippen molar-refractivity contribution in [3.63, 3.8) is 0 Å². The van der Waals surface area contributed by atoms with E-state index in [1.165, 1.54) is 11.8 Å². The second-order valence-electron chi connectivity index (χ2n) is 5.88. The Morgan fingerprint density at radius 2 is 1.67 bits per heavy atom. The van der Waals surface area contributed by atoms with Crippen LogP contribution in [-0.4, -0.2) is 18.4 Å². The van der Waals surface area contributed by atoms with E-state index in [1.807, 2.05) is 51.1 Å². The van der Waals surface area contributed by atoms with Crippen molar-refractivity contribution in [2.75, 3.05) is 16.8 Å². The molecule has 0 radical (unpaired) electrons. The Bertz CT molecular complexity index is 764. The molecule has 0 aliphatic carbocycles. The summed E-state index contributed by atoms with van der Waals surface area (Å²) in [5.41, 5.74) is 4.66. The van der Waals surface area contributed by atoms with Crippen LogP contribution < -0.4 is 10.2 Å². The Kier molecular flexibility index (Phi) is 5.78. The molecule has 126 valence electrons. The van der Waals surface area contributed by atoms with Crippen molar-refractivity contribution in [3.05, 3.63) is 57.6 Å². The third-order valence-corrected chi connectivity index (χ3v) is 4.44. The Balaban J connectivity index is 2.21. The van der Waals surface area contributed by atoms with Gasteiger partial charge in [-0.2, -0.15) is 0 Å². The highest BCUT2D eigenvalue weighted by Gasteiger charge is 2.18. The smallest absolute Gasteiger partial charge is 0.244 e. The van der Waals surface area contributed by atoms with Gasteiger partial charge in [-0.3, -0.25) is 9.59 Å². The molecule has 0 aromatic heterocycles. The lowest BCUT2D eigenvalue weighted by Gasteiger charge is -2.22. The molecule has 1 N–H and O–H groups in total. The minimum absolute atomic E-state index is 0.0370. The number of hydrogen-bond donors (Lipinski definition) is 1. The Hall–Kier alpha value is -2.14. The number of nitrogens with one attached hydrogen (secondary N) is 1. The molecule has 2 rings (SSSR count). The minimum Gasteiger partial charge on any atom is -0.324 e. The van der Waals surface area contributed by atoms with Gasteiger partial charge < -0.3 is 10.2 Å². The van der Waals surface area contributed by atoms with Gasteiger partial charge in [-0.05, 0) is 60.0 Å². The SMILES string of the molecule is CC(=O)N(CC(=O)Nc1c(C)cc(C)cc1C)c1ccccc1Br. The highest BCUT2D eigenvalue weighted by atomic mass is 79.9. The number of carbonyl (C=O) groups is 2. The predicted molar refractivity (Wildman–Crippen MR) is 101 cm³/mol. The van der Waals surface area contributed by atoms with Crippen molar-refractivity contribution in [1.82, 2.24) is 0 Å². The van der Waals surface area contributed by atoms with E-state index in [4.69, 9.17) is 0 Å². The quantitative estimate of drug-likeness (QED) is 0.845. The third kappa shape index (κ3) is 4.23. The van der Waals surface area contributed by atoms with E-state index in [9.17, 15) is 9.59 Å². The summed E-state index contributed by atoms with van der Waals surface area (Å²) in [6.07, 6.45) is 0. The van der Waals surface area contributed by atoms with Crippen molar-refractivity contribution in [3.8, 4) is 0 Å². The average Bonchev–Trinajstić information content (AvgIpc) is 2.49. The molecule has 0 aliphatic rings. The fraction of sp³-hybridized carbons (Fsp3) is 0.263. The topological polar surface area (TPSA) is 49.4 Å². The second kappa shape index (κ2) is 7.62. The van der Waals surface area contributed by atoms with Gasteiger partial charge >= 0.3 is 0 Å². The van der Waals surface area contributed by atoms with Crippen LogP contribution in [0.4, 0.5) is 11.4 Å². The maximum atomic E-state index is 12.5. The molecule has 0 fully saturated rings. The van der Waals surface area contributed by atoms with E-state index in [2.05, 4.69) is 21.2 Å². The molecular weight excluding hydrogens is 368 g/mol. The molecule has 0 bridgehead atoms. The molecule has 24 heavy (non-hydrogen) atoms. The van der Waals surface area contributed by atoms with Gasteiger partial charge in [-0.1, -0.05) is 29.8 Å². The number of aryl methyl sites for hydroxylation is 3. The van der Waals surface area contributed by atoms with Crippen LogP contribution >= 0.6 is 15.9 Å². The summed E-state index contributed by atoms with van der Waals surface area (Å²) in [5.74, 6) is -0.412. The molecule has 0 aliphatic heterocycles. The lowest BCUT2D eigenvalue weighted by molar-refractivity contribution is -0.120. The number of carbonyl (C=O) groups excluding carboxylic acids is 2. The maximum absolute atomic E-state index is 12.5. The van der Waals surface area contributed by atoms with Crippen LogP contribution in [-0.2, 0) is 9.59 Å². The van der Waals surface area contributed by atoms with Crippen LogP contribution in [0.25, 0.3) is 0 Å². The monoisotopic (exact) mass is 388 g/mol.